The van der Waals surface area contributed by atoms with Gasteiger partial charge in [0.2, 0.25) is 5.91 Å². The van der Waals surface area contributed by atoms with Crippen molar-refractivity contribution in [2.75, 3.05) is 10.2 Å². The van der Waals surface area contributed by atoms with Crippen LogP contribution in [0.2, 0.25) is 5.02 Å². The van der Waals surface area contributed by atoms with Crippen LogP contribution in [0, 0.1) is 0 Å². The summed E-state index contributed by atoms with van der Waals surface area (Å²) in [5, 5.41) is 3.34. The Balaban J connectivity index is 1.70. The molecule has 0 saturated carbocycles. The summed E-state index contributed by atoms with van der Waals surface area (Å²) in [5.74, 6) is -0.247. The summed E-state index contributed by atoms with van der Waals surface area (Å²) in [6, 6.07) is 12.9. The van der Waals surface area contributed by atoms with Gasteiger partial charge in [0.1, 0.15) is 0 Å². The van der Waals surface area contributed by atoms with E-state index in [9.17, 15) is 9.59 Å². The molecule has 2 aromatic rings. The number of para-hydroxylation sites is 1. The van der Waals surface area contributed by atoms with Crippen molar-refractivity contribution < 1.29 is 9.59 Å². The summed E-state index contributed by atoms with van der Waals surface area (Å²) in [6.45, 7) is 0. The molecule has 2 aromatic carbocycles. The van der Waals surface area contributed by atoms with Crippen molar-refractivity contribution >= 4 is 62.5 Å². The number of rotatable bonds is 2. The van der Waals surface area contributed by atoms with Crippen LogP contribution in [0.3, 0.4) is 0 Å². The van der Waals surface area contributed by atoms with Gasteiger partial charge in [-0.1, -0.05) is 51.4 Å². The van der Waals surface area contributed by atoms with Gasteiger partial charge in [0.05, 0.1) is 16.4 Å². The summed E-state index contributed by atoms with van der Waals surface area (Å²) >= 11 is 11.0. The molecule has 4 nitrogen and oxygen atoms in total. The molecule has 0 unspecified atom stereocenters. The Morgan fingerprint density at radius 2 is 2.08 bits per heavy atom. The Hall–Kier alpha value is -1.50. The van der Waals surface area contributed by atoms with E-state index in [2.05, 4.69) is 21.2 Å². The number of amides is 2. The van der Waals surface area contributed by atoms with E-state index in [1.54, 1.807) is 17.0 Å². The molecule has 7 heteroatoms. The molecule has 0 bridgehead atoms. The van der Waals surface area contributed by atoms with Crippen LogP contribution >= 0.6 is 39.3 Å². The Labute approximate surface area is 156 Å². The zero-order chi connectivity index (χ0) is 16.9. The number of hydrogen-bond acceptors (Lipinski definition) is 3. The maximum Gasteiger partial charge on any atom is 0.261 e. The number of hydrogen-bond donors (Lipinski definition) is 1. The largest absolute Gasteiger partial charge is 0.322 e. The fraction of sp³-hybridized carbons (Fsp3) is 0.176. The lowest BCUT2D eigenvalue weighted by molar-refractivity contribution is -0.121. The normalized spacial score (nSPS) is 21.6. The third-order valence-electron chi connectivity index (χ3n) is 4.21. The molecule has 1 atom stereocenters. The van der Waals surface area contributed by atoms with Gasteiger partial charge in [-0.25, -0.2) is 0 Å². The zero-order valence-electron chi connectivity index (χ0n) is 12.4. The maximum atomic E-state index is 13.1. The second kappa shape index (κ2) is 5.79. The molecule has 24 heavy (non-hydrogen) atoms. The van der Waals surface area contributed by atoms with Gasteiger partial charge in [0.25, 0.3) is 5.91 Å². The van der Waals surface area contributed by atoms with Crippen LogP contribution in [0.5, 0.6) is 0 Å². The fourth-order valence-corrected chi connectivity index (χ4v) is 5.24. The standard InChI is InChI=1S/C17H12BrClN2O2S/c18-10-5-6-12(11(19)9-10)20-16(23)17-8-7-15(22)21(17)13-3-1-2-4-14(13)24-17/h1-6,9H,7-8H2,(H,20,23)/t17-/m1/s1. The number of carbonyl (C=O) groups excluding carboxylic acids is 2. The highest BCUT2D eigenvalue weighted by molar-refractivity contribution is 9.10. The van der Waals surface area contributed by atoms with Crippen molar-refractivity contribution in [2.24, 2.45) is 0 Å². The molecule has 0 spiro atoms. The van der Waals surface area contributed by atoms with Crippen molar-refractivity contribution in [3.05, 3.63) is 52.0 Å². The molecule has 4 rings (SSSR count). The topological polar surface area (TPSA) is 49.4 Å². The van der Waals surface area contributed by atoms with Crippen LogP contribution in [0.4, 0.5) is 11.4 Å². The van der Waals surface area contributed by atoms with Crippen molar-refractivity contribution in [3.63, 3.8) is 0 Å². The van der Waals surface area contributed by atoms with E-state index in [0.717, 1.165) is 15.1 Å². The van der Waals surface area contributed by atoms with Gasteiger partial charge in [-0.2, -0.15) is 0 Å². The number of halogens is 2. The first kappa shape index (κ1) is 16.0. The van der Waals surface area contributed by atoms with Gasteiger partial charge in [0, 0.05) is 15.8 Å². The van der Waals surface area contributed by atoms with Crippen LogP contribution in [-0.4, -0.2) is 16.7 Å². The predicted molar refractivity (Wildman–Crippen MR) is 99.5 cm³/mol. The molecule has 2 aliphatic rings. The Kier molecular flexibility index (Phi) is 3.86. The number of nitrogens with one attached hydrogen (secondary N) is 1. The molecular weight excluding hydrogens is 412 g/mol. The van der Waals surface area contributed by atoms with E-state index in [4.69, 9.17) is 11.6 Å². The summed E-state index contributed by atoms with van der Waals surface area (Å²) in [6.07, 6.45) is 0.841. The van der Waals surface area contributed by atoms with Crippen LogP contribution in [-0.2, 0) is 9.59 Å². The summed E-state index contributed by atoms with van der Waals surface area (Å²) < 4.78 is 0.837. The van der Waals surface area contributed by atoms with Crippen LogP contribution in [0.25, 0.3) is 0 Å². The van der Waals surface area contributed by atoms with Crippen LogP contribution in [0.15, 0.2) is 51.8 Å². The number of anilines is 2. The Morgan fingerprint density at radius 1 is 1.29 bits per heavy atom. The minimum atomic E-state index is -0.933. The smallest absolute Gasteiger partial charge is 0.261 e. The van der Waals surface area contributed by atoms with E-state index in [-0.39, 0.29) is 11.8 Å². The van der Waals surface area contributed by atoms with Crippen molar-refractivity contribution in [1.29, 1.82) is 0 Å². The first-order valence-corrected chi connectivity index (χ1v) is 9.38. The second-order valence-corrected chi connectivity index (χ2v) is 8.30. The van der Waals surface area contributed by atoms with Crippen LogP contribution < -0.4 is 10.2 Å². The molecule has 0 aromatic heterocycles. The molecule has 1 N–H and O–H groups in total. The number of thioether (sulfide) groups is 1. The fourth-order valence-electron chi connectivity index (χ4n) is 3.11. The highest BCUT2D eigenvalue weighted by Crippen LogP contribution is 2.56. The van der Waals surface area contributed by atoms with Gasteiger partial charge >= 0.3 is 0 Å². The zero-order valence-corrected chi connectivity index (χ0v) is 15.5. The second-order valence-electron chi connectivity index (χ2n) is 5.66. The highest BCUT2D eigenvalue weighted by atomic mass is 79.9. The first-order chi connectivity index (χ1) is 11.5. The van der Waals surface area contributed by atoms with E-state index in [1.165, 1.54) is 11.8 Å². The van der Waals surface area contributed by atoms with E-state index in [0.29, 0.717) is 23.6 Å². The lowest BCUT2D eigenvalue weighted by atomic mass is 10.1. The van der Waals surface area contributed by atoms with E-state index in [1.807, 2.05) is 30.3 Å². The molecule has 1 saturated heterocycles. The summed E-state index contributed by atoms with van der Waals surface area (Å²) in [5.41, 5.74) is 1.34. The molecule has 122 valence electrons. The molecular formula is C17H12BrClN2O2S. The molecule has 2 amide bonds. The van der Waals surface area contributed by atoms with E-state index >= 15 is 0 Å². The molecule has 0 radical (unpaired) electrons. The lowest BCUT2D eigenvalue weighted by Gasteiger charge is -2.29. The molecule has 2 aliphatic heterocycles. The lowest BCUT2D eigenvalue weighted by Crippen LogP contribution is -2.49. The SMILES string of the molecule is O=C1CC[C@]2(C(=O)Nc3ccc(Br)cc3Cl)Sc3ccccc3N12. The summed E-state index contributed by atoms with van der Waals surface area (Å²) in [7, 11) is 0. The predicted octanol–water partition coefficient (Wildman–Crippen LogP) is 4.67. The van der Waals surface area contributed by atoms with Gasteiger partial charge < -0.3 is 5.32 Å². The third-order valence-corrected chi connectivity index (χ3v) is 6.49. The molecule has 1 fully saturated rings. The highest BCUT2D eigenvalue weighted by Gasteiger charge is 2.57. The quantitative estimate of drug-likeness (QED) is 0.763. The van der Waals surface area contributed by atoms with Gasteiger partial charge in [-0.3, -0.25) is 14.5 Å². The minimum Gasteiger partial charge on any atom is -0.322 e. The third kappa shape index (κ3) is 2.36. The first-order valence-electron chi connectivity index (χ1n) is 7.39. The maximum absolute atomic E-state index is 13.1. The van der Waals surface area contributed by atoms with Crippen molar-refractivity contribution in [3.8, 4) is 0 Å². The molecule has 0 aliphatic carbocycles. The average molecular weight is 424 g/mol. The van der Waals surface area contributed by atoms with Crippen LogP contribution in [0.1, 0.15) is 12.8 Å². The minimum absolute atomic E-state index is 0.0236. The van der Waals surface area contributed by atoms with Crippen molar-refractivity contribution in [2.45, 2.75) is 22.6 Å². The van der Waals surface area contributed by atoms with E-state index < -0.39 is 4.87 Å². The summed E-state index contributed by atoms with van der Waals surface area (Å²) in [4.78, 5) is 27.1. The Bertz CT molecular complexity index is 875. The number of carbonyl (C=O) groups is 2. The number of nitrogens with zero attached hydrogens (tertiary/aromatic N) is 1. The van der Waals surface area contributed by atoms with Gasteiger partial charge in [-0.15, -0.1) is 0 Å². The average Bonchev–Trinajstić information content (AvgIpc) is 3.06. The van der Waals surface area contributed by atoms with Crippen molar-refractivity contribution in [1.82, 2.24) is 0 Å². The Morgan fingerprint density at radius 3 is 2.88 bits per heavy atom. The monoisotopic (exact) mass is 422 g/mol. The molecule has 2 heterocycles. The number of benzene rings is 2. The number of fused-ring (bicyclic) bond motifs is 3. The van der Waals surface area contributed by atoms with Gasteiger partial charge in [-0.05, 0) is 36.8 Å². The van der Waals surface area contributed by atoms with Gasteiger partial charge in [0.15, 0.2) is 4.87 Å².